The van der Waals surface area contributed by atoms with Crippen molar-refractivity contribution in [3.8, 4) is 0 Å². The molecule has 0 aromatic rings. The number of hydrogen-bond donors (Lipinski definition) is 1. The van der Waals surface area contributed by atoms with Gasteiger partial charge in [-0.3, -0.25) is 4.79 Å². The molecule has 0 aromatic heterocycles. The third kappa shape index (κ3) is 17.4. The van der Waals surface area contributed by atoms with Crippen LogP contribution in [0.3, 0.4) is 0 Å². The van der Waals surface area contributed by atoms with Crippen LogP contribution >= 0.6 is 0 Å². The Bertz CT molecular complexity index is 192. The summed E-state index contributed by atoms with van der Waals surface area (Å²) < 4.78 is 5.54. The summed E-state index contributed by atoms with van der Waals surface area (Å²) in [6.45, 7) is 3.91. The molecule has 0 spiro atoms. The maximum atomic E-state index is 10.3. The van der Waals surface area contributed by atoms with Crippen LogP contribution in [0.25, 0.3) is 0 Å². The third-order valence-electron chi connectivity index (χ3n) is 3.32. The summed E-state index contributed by atoms with van der Waals surface area (Å²) in [5, 5.41) is 8.47. The van der Waals surface area contributed by atoms with Gasteiger partial charge in [0.05, 0.1) is 0 Å². The zero-order valence-electron chi connectivity index (χ0n) is 12.7. The van der Waals surface area contributed by atoms with Crippen molar-refractivity contribution in [3.05, 3.63) is 0 Å². The molecule has 0 radical (unpaired) electrons. The fourth-order valence-corrected chi connectivity index (χ4v) is 2.10. The molecule has 3 nitrogen and oxygen atoms in total. The van der Waals surface area contributed by atoms with Crippen LogP contribution in [-0.4, -0.2) is 24.3 Å². The van der Waals surface area contributed by atoms with Crippen molar-refractivity contribution in [1.82, 2.24) is 0 Å². The minimum Gasteiger partial charge on any atom is -0.481 e. The lowest BCUT2D eigenvalue weighted by Crippen LogP contribution is -1.98. The second-order valence-corrected chi connectivity index (χ2v) is 5.29. The van der Waals surface area contributed by atoms with E-state index in [0.29, 0.717) is 0 Å². The van der Waals surface area contributed by atoms with Crippen molar-refractivity contribution in [3.63, 3.8) is 0 Å². The maximum absolute atomic E-state index is 10.3. The standard InChI is InChI=1S/C16H32O3/c1-2-3-4-5-6-7-8-11-14-19-15-12-9-10-13-16(17)18/h2-15H2,1H3,(H,17,18). The maximum Gasteiger partial charge on any atom is 0.303 e. The van der Waals surface area contributed by atoms with Gasteiger partial charge in [0.25, 0.3) is 0 Å². The zero-order chi connectivity index (χ0) is 14.2. The SMILES string of the molecule is CCCCCCCCCCOCCCCCC(=O)O. The van der Waals surface area contributed by atoms with Gasteiger partial charge in [0.15, 0.2) is 0 Å². The minimum absolute atomic E-state index is 0.290. The molecule has 0 heterocycles. The quantitative estimate of drug-likeness (QED) is 0.436. The predicted molar refractivity (Wildman–Crippen MR) is 79.5 cm³/mol. The summed E-state index contributed by atoms with van der Waals surface area (Å²) in [5.74, 6) is -0.695. The monoisotopic (exact) mass is 272 g/mol. The van der Waals surface area contributed by atoms with Gasteiger partial charge in [-0.2, -0.15) is 0 Å². The van der Waals surface area contributed by atoms with E-state index in [1.165, 1.54) is 51.4 Å². The Labute approximate surface area is 118 Å². The molecule has 0 amide bonds. The van der Waals surface area contributed by atoms with Crippen LogP contribution in [-0.2, 0) is 9.53 Å². The van der Waals surface area contributed by atoms with Crippen molar-refractivity contribution >= 4 is 5.97 Å². The molecular weight excluding hydrogens is 240 g/mol. The van der Waals surface area contributed by atoms with Gasteiger partial charge in [-0.15, -0.1) is 0 Å². The smallest absolute Gasteiger partial charge is 0.303 e. The number of carboxylic acid groups (broad SMARTS) is 1. The van der Waals surface area contributed by atoms with E-state index < -0.39 is 5.97 Å². The summed E-state index contributed by atoms with van der Waals surface area (Å²) in [5.41, 5.74) is 0. The molecule has 0 saturated heterocycles. The lowest BCUT2D eigenvalue weighted by molar-refractivity contribution is -0.137. The van der Waals surface area contributed by atoms with E-state index in [2.05, 4.69) is 6.92 Å². The van der Waals surface area contributed by atoms with Crippen molar-refractivity contribution < 1.29 is 14.6 Å². The highest BCUT2D eigenvalue weighted by atomic mass is 16.5. The average Bonchev–Trinajstić information content (AvgIpc) is 2.39. The Balaban J connectivity index is 2.93. The van der Waals surface area contributed by atoms with E-state index in [9.17, 15) is 4.79 Å². The molecule has 0 rings (SSSR count). The van der Waals surface area contributed by atoms with Crippen LogP contribution < -0.4 is 0 Å². The Morgan fingerprint density at radius 1 is 0.789 bits per heavy atom. The van der Waals surface area contributed by atoms with Gasteiger partial charge >= 0.3 is 5.97 Å². The lowest BCUT2D eigenvalue weighted by Gasteiger charge is -2.04. The normalized spacial score (nSPS) is 10.8. The molecule has 0 aromatic carbocycles. The number of unbranched alkanes of at least 4 members (excludes halogenated alkanes) is 9. The summed E-state index contributed by atoms with van der Waals surface area (Å²) in [7, 11) is 0. The van der Waals surface area contributed by atoms with Gasteiger partial charge in [0, 0.05) is 19.6 Å². The number of carbonyl (C=O) groups is 1. The molecule has 0 atom stereocenters. The van der Waals surface area contributed by atoms with E-state index in [0.717, 1.165) is 32.5 Å². The van der Waals surface area contributed by atoms with Crippen molar-refractivity contribution in [2.45, 2.75) is 84.0 Å². The third-order valence-corrected chi connectivity index (χ3v) is 3.32. The van der Waals surface area contributed by atoms with E-state index in [1.807, 2.05) is 0 Å². The summed E-state index contributed by atoms with van der Waals surface area (Å²) in [6, 6.07) is 0. The summed E-state index contributed by atoms with van der Waals surface area (Å²) in [4.78, 5) is 10.3. The first-order chi connectivity index (χ1) is 9.27. The number of hydrogen-bond acceptors (Lipinski definition) is 2. The predicted octanol–water partition coefficient (Wildman–Crippen LogP) is 4.79. The van der Waals surface area contributed by atoms with Gasteiger partial charge in [-0.05, 0) is 19.3 Å². The number of ether oxygens (including phenoxy) is 1. The van der Waals surface area contributed by atoms with Gasteiger partial charge in [0.2, 0.25) is 0 Å². The lowest BCUT2D eigenvalue weighted by atomic mass is 10.1. The van der Waals surface area contributed by atoms with Gasteiger partial charge in [0.1, 0.15) is 0 Å². The van der Waals surface area contributed by atoms with Crippen molar-refractivity contribution in [1.29, 1.82) is 0 Å². The summed E-state index contributed by atoms with van der Waals surface area (Å²) >= 11 is 0. The Morgan fingerprint density at radius 3 is 1.79 bits per heavy atom. The first-order valence-electron chi connectivity index (χ1n) is 8.07. The van der Waals surface area contributed by atoms with Crippen LogP contribution in [0.1, 0.15) is 84.0 Å². The molecule has 0 fully saturated rings. The Morgan fingerprint density at radius 2 is 1.26 bits per heavy atom. The fraction of sp³-hybridized carbons (Fsp3) is 0.938. The Hall–Kier alpha value is -0.570. The first-order valence-corrected chi connectivity index (χ1v) is 8.07. The second-order valence-electron chi connectivity index (χ2n) is 5.29. The Kier molecular flexibility index (Phi) is 15.0. The van der Waals surface area contributed by atoms with Crippen LogP contribution in [0.2, 0.25) is 0 Å². The molecule has 0 aliphatic carbocycles. The molecule has 3 heteroatoms. The molecule has 19 heavy (non-hydrogen) atoms. The van der Waals surface area contributed by atoms with Crippen molar-refractivity contribution in [2.75, 3.05) is 13.2 Å². The molecule has 0 aliphatic rings. The van der Waals surface area contributed by atoms with Gasteiger partial charge in [-0.25, -0.2) is 0 Å². The molecule has 114 valence electrons. The van der Waals surface area contributed by atoms with Crippen LogP contribution in [0.5, 0.6) is 0 Å². The van der Waals surface area contributed by atoms with Crippen LogP contribution in [0.15, 0.2) is 0 Å². The molecule has 0 saturated carbocycles. The van der Waals surface area contributed by atoms with Crippen molar-refractivity contribution in [2.24, 2.45) is 0 Å². The number of aliphatic carboxylic acids is 1. The fourth-order valence-electron chi connectivity index (χ4n) is 2.10. The molecular formula is C16H32O3. The molecule has 0 aliphatic heterocycles. The summed E-state index contributed by atoms with van der Waals surface area (Å²) in [6.07, 6.45) is 13.7. The van der Waals surface area contributed by atoms with E-state index in [1.54, 1.807) is 0 Å². The zero-order valence-corrected chi connectivity index (χ0v) is 12.7. The number of rotatable bonds is 15. The topological polar surface area (TPSA) is 46.5 Å². The first kappa shape index (κ1) is 18.4. The van der Waals surface area contributed by atoms with Crippen LogP contribution in [0.4, 0.5) is 0 Å². The highest BCUT2D eigenvalue weighted by molar-refractivity contribution is 5.66. The van der Waals surface area contributed by atoms with E-state index in [4.69, 9.17) is 9.84 Å². The van der Waals surface area contributed by atoms with Gasteiger partial charge in [-0.1, -0.05) is 58.3 Å². The average molecular weight is 272 g/mol. The largest absolute Gasteiger partial charge is 0.481 e. The van der Waals surface area contributed by atoms with Crippen LogP contribution in [0, 0.1) is 0 Å². The number of carboxylic acids is 1. The van der Waals surface area contributed by atoms with E-state index >= 15 is 0 Å². The highest BCUT2D eigenvalue weighted by Gasteiger charge is 1.96. The van der Waals surface area contributed by atoms with E-state index in [-0.39, 0.29) is 6.42 Å². The van der Waals surface area contributed by atoms with Gasteiger partial charge < -0.3 is 9.84 Å². The molecule has 0 bridgehead atoms. The second kappa shape index (κ2) is 15.5. The molecule has 1 N–H and O–H groups in total. The molecule has 0 unspecified atom stereocenters. The highest BCUT2D eigenvalue weighted by Crippen LogP contribution is 2.08. The minimum atomic E-state index is -0.695.